The molecule has 0 fully saturated rings. The van der Waals surface area contributed by atoms with E-state index in [0.29, 0.717) is 11.6 Å². The van der Waals surface area contributed by atoms with Gasteiger partial charge < -0.3 is 0 Å². The van der Waals surface area contributed by atoms with Crippen molar-refractivity contribution in [3.63, 3.8) is 0 Å². The summed E-state index contributed by atoms with van der Waals surface area (Å²) in [7, 11) is 0. The monoisotopic (exact) mass is 192 g/mol. The van der Waals surface area contributed by atoms with Crippen molar-refractivity contribution in [2.75, 3.05) is 0 Å². The first-order valence-corrected chi connectivity index (χ1v) is 4.68. The van der Waals surface area contributed by atoms with Crippen LogP contribution in [-0.2, 0) is 0 Å². The fraction of sp³-hybridized carbons (Fsp3) is 0.250. The number of aromatic nitrogens is 4. The van der Waals surface area contributed by atoms with Crippen LogP contribution in [0.25, 0.3) is 10.7 Å². The number of nitrogens with zero attached hydrogens (tertiary/aromatic N) is 4. The molecule has 2 rings (SSSR count). The Morgan fingerprint density at radius 1 is 1.00 bits per heavy atom. The van der Waals surface area contributed by atoms with Gasteiger partial charge in [-0.05, 0) is 26.0 Å². The molecule has 0 saturated carbocycles. The van der Waals surface area contributed by atoms with Crippen LogP contribution in [0.5, 0.6) is 0 Å². The molecule has 66 valence electrons. The maximum Gasteiger partial charge on any atom is 0.213 e. The third kappa shape index (κ3) is 1.70. The Hall–Kier alpha value is -1.36. The van der Waals surface area contributed by atoms with Crippen molar-refractivity contribution in [3.05, 3.63) is 22.8 Å². The molecule has 13 heavy (non-hydrogen) atoms. The zero-order valence-electron chi connectivity index (χ0n) is 7.35. The Balaban J connectivity index is 2.41. The van der Waals surface area contributed by atoms with Crippen molar-refractivity contribution < 1.29 is 0 Å². The van der Waals surface area contributed by atoms with Gasteiger partial charge >= 0.3 is 0 Å². The Morgan fingerprint density at radius 2 is 1.69 bits per heavy atom. The second kappa shape index (κ2) is 3.18. The molecule has 0 N–H and O–H groups in total. The van der Waals surface area contributed by atoms with E-state index in [1.807, 2.05) is 19.1 Å². The second-order valence-electron chi connectivity index (χ2n) is 2.68. The van der Waals surface area contributed by atoms with Gasteiger partial charge in [0.25, 0.3) is 0 Å². The van der Waals surface area contributed by atoms with E-state index >= 15 is 0 Å². The minimum Gasteiger partial charge on any atom is -0.137 e. The van der Waals surface area contributed by atoms with Crippen LogP contribution in [0.1, 0.15) is 10.7 Å². The summed E-state index contributed by atoms with van der Waals surface area (Å²) in [5.41, 5.74) is 0. The molecule has 0 atom stereocenters. The van der Waals surface area contributed by atoms with Crippen molar-refractivity contribution in [1.29, 1.82) is 0 Å². The average molecular weight is 192 g/mol. The molecule has 0 aromatic carbocycles. The number of rotatable bonds is 1. The van der Waals surface area contributed by atoms with Gasteiger partial charge in [0.1, 0.15) is 0 Å². The standard InChI is InChI=1S/C8H8N4S/c1-5-3-4-7(13-5)8-11-9-6(2)10-12-8/h3-4H,1-2H3. The first kappa shape index (κ1) is 8.25. The van der Waals surface area contributed by atoms with E-state index in [0.717, 1.165) is 4.88 Å². The number of aryl methyl sites for hydroxylation is 2. The molecule has 2 heterocycles. The Kier molecular flexibility index (Phi) is 2.02. The molecule has 0 aliphatic rings. The van der Waals surface area contributed by atoms with Crippen LogP contribution in [-0.4, -0.2) is 20.4 Å². The molecule has 0 radical (unpaired) electrons. The van der Waals surface area contributed by atoms with E-state index in [1.54, 1.807) is 18.3 Å². The van der Waals surface area contributed by atoms with Crippen molar-refractivity contribution in [3.8, 4) is 10.7 Å². The van der Waals surface area contributed by atoms with Crippen LogP contribution in [0, 0.1) is 13.8 Å². The highest BCUT2D eigenvalue weighted by Crippen LogP contribution is 2.23. The van der Waals surface area contributed by atoms with Gasteiger partial charge in [0.2, 0.25) is 5.82 Å². The summed E-state index contributed by atoms with van der Waals surface area (Å²) in [5.74, 6) is 1.20. The largest absolute Gasteiger partial charge is 0.213 e. The molecule has 0 unspecified atom stereocenters. The SMILES string of the molecule is Cc1nnc(-c2ccc(C)s2)nn1. The van der Waals surface area contributed by atoms with Crippen LogP contribution >= 0.6 is 11.3 Å². The lowest BCUT2D eigenvalue weighted by atomic mass is 10.4. The summed E-state index contributed by atoms with van der Waals surface area (Å²) in [4.78, 5) is 2.25. The summed E-state index contributed by atoms with van der Waals surface area (Å²) in [6.45, 7) is 3.81. The second-order valence-corrected chi connectivity index (χ2v) is 3.97. The number of thiophene rings is 1. The fourth-order valence-electron chi connectivity index (χ4n) is 0.933. The van der Waals surface area contributed by atoms with E-state index in [2.05, 4.69) is 20.4 Å². The van der Waals surface area contributed by atoms with Crippen LogP contribution < -0.4 is 0 Å². The molecule has 0 bridgehead atoms. The maximum absolute atomic E-state index is 3.95. The van der Waals surface area contributed by atoms with Gasteiger partial charge in [0.05, 0.1) is 4.88 Å². The molecule has 0 spiro atoms. The van der Waals surface area contributed by atoms with E-state index in [-0.39, 0.29) is 0 Å². The van der Waals surface area contributed by atoms with Crippen LogP contribution in [0.2, 0.25) is 0 Å². The minimum absolute atomic E-state index is 0.594. The van der Waals surface area contributed by atoms with Crippen LogP contribution in [0.15, 0.2) is 12.1 Å². The highest BCUT2D eigenvalue weighted by molar-refractivity contribution is 7.15. The molecule has 0 saturated heterocycles. The van der Waals surface area contributed by atoms with Gasteiger partial charge in [-0.2, -0.15) is 0 Å². The summed E-state index contributed by atoms with van der Waals surface area (Å²) >= 11 is 1.64. The Bertz CT molecular complexity index is 406. The first-order chi connectivity index (χ1) is 6.25. The lowest BCUT2D eigenvalue weighted by molar-refractivity contribution is 0.818. The molecular weight excluding hydrogens is 184 g/mol. The zero-order valence-corrected chi connectivity index (χ0v) is 8.17. The molecular formula is C8H8N4S. The van der Waals surface area contributed by atoms with Gasteiger partial charge in [0.15, 0.2) is 5.82 Å². The lowest BCUT2D eigenvalue weighted by Crippen LogP contribution is -1.97. The van der Waals surface area contributed by atoms with Crippen LogP contribution in [0.3, 0.4) is 0 Å². The van der Waals surface area contributed by atoms with E-state index in [4.69, 9.17) is 0 Å². The summed E-state index contributed by atoms with van der Waals surface area (Å²) < 4.78 is 0. The highest BCUT2D eigenvalue weighted by Gasteiger charge is 2.04. The van der Waals surface area contributed by atoms with Gasteiger partial charge in [-0.1, -0.05) is 0 Å². The molecule has 5 heteroatoms. The lowest BCUT2D eigenvalue weighted by Gasteiger charge is -1.92. The predicted octanol–water partition coefficient (Wildman–Crippen LogP) is 1.61. The topological polar surface area (TPSA) is 51.6 Å². The van der Waals surface area contributed by atoms with Crippen molar-refractivity contribution in [1.82, 2.24) is 20.4 Å². The highest BCUT2D eigenvalue weighted by atomic mass is 32.1. The number of hydrogen-bond acceptors (Lipinski definition) is 5. The Morgan fingerprint density at radius 3 is 2.23 bits per heavy atom. The smallest absolute Gasteiger partial charge is 0.137 e. The van der Waals surface area contributed by atoms with Gasteiger partial charge in [-0.15, -0.1) is 31.7 Å². The normalized spacial score (nSPS) is 10.3. The van der Waals surface area contributed by atoms with Crippen molar-refractivity contribution >= 4 is 11.3 Å². The first-order valence-electron chi connectivity index (χ1n) is 3.86. The van der Waals surface area contributed by atoms with E-state index < -0.39 is 0 Å². The zero-order chi connectivity index (χ0) is 9.26. The Labute approximate surface area is 79.7 Å². The molecule has 0 amide bonds. The van der Waals surface area contributed by atoms with Crippen molar-refractivity contribution in [2.45, 2.75) is 13.8 Å². The molecule has 4 nitrogen and oxygen atoms in total. The average Bonchev–Trinajstić information content (AvgIpc) is 2.53. The predicted molar refractivity (Wildman–Crippen MR) is 50.4 cm³/mol. The van der Waals surface area contributed by atoms with Gasteiger partial charge in [-0.3, -0.25) is 0 Å². The van der Waals surface area contributed by atoms with Crippen molar-refractivity contribution in [2.24, 2.45) is 0 Å². The third-order valence-corrected chi connectivity index (χ3v) is 2.54. The fourth-order valence-corrected chi connectivity index (χ4v) is 1.72. The molecule has 2 aromatic heterocycles. The summed E-state index contributed by atoms with van der Waals surface area (Å²) in [6, 6.07) is 4.01. The minimum atomic E-state index is 0.594. The van der Waals surface area contributed by atoms with E-state index in [9.17, 15) is 0 Å². The van der Waals surface area contributed by atoms with Gasteiger partial charge in [-0.25, -0.2) is 0 Å². The van der Waals surface area contributed by atoms with Crippen LogP contribution in [0.4, 0.5) is 0 Å². The third-order valence-electron chi connectivity index (χ3n) is 1.54. The quantitative estimate of drug-likeness (QED) is 0.688. The summed E-state index contributed by atoms with van der Waals surface area (Å²) in [5, 5.41) is 15.6. The molecule has 0 aliphatic carbocycles. The maximum atomic E-state index is 3.95. The molecule has 2 aromatic rings. The van der Waals surface area contributed by atoms with Gasteiger partial charge in [0, 0.05) is 4.88 Å². The van der Waals surface area contributed by atoms with E-state index in [1.165, 1.54) is 4.88 Å². The molecule has 0 aliphatic heterocycles. The number of hydrogen-bond donors (Lipinski definition) is 0. The summed E-state index contributed by atoms with van der Waals surface area (Å²) in [6.07, 6.45) is 0.